The van der Waals surface area contributed by atoms with Crippen LogP contribution in [0.3, 0.4) is 0 Å². The van der Waals surface area contributed by atoms with Crippen LogP contribution in [0.2, 0.25) is 0 Å². The van der Waals surface area contributed by atoms with Gasteiger partial charge in [-0.3, -0.25) is 0 Å². The van der Waals surface area contributed by atoms with Crippen LogP contribution in [-0.2, 0) is 11.2 Å². The van der Waals surface area contributed by atoms with E-state index in [1.807, 2.05) is 20.8 Å². The van der Waals surface area contributed by atoms with Crippen molar-refractivity contribution in [1.82, 2.24) is 4.90 Å². The van der Waals surface area contributed by atoms with Crippen molar-refractivity contribution in [2.45, 2.75) is 32.8 Å². The Labute approximate surface area is 120 Å². The van der Waals surface area contributed by atoms with Crippen molar-refractivity contribution < 1.29 is 19.4 Å². The van der Waals surface area contributed by atoms with Crippen molar-refractivity contribution >= 4 is 6.09 Å². The van der Waals surface area contributed by atoms with Crippen molar-refractivity contribution in [2.75, 3.05) is 20.7 Å². The summed E-state index contributed by atoms with van der Waals surface area (Å²) in [6.45, 7) is 6.04. The normalized spacial score (nSPS) is 11.1. The second kappa shape index (κ2) is 6.50. The van der Waals surface area contributed by atoms with E-state index in [0.29, 0.717) is 18.7 Å². The molecule has 5 nitrogen and oxygen atoms in total. The van der Waals surface area contributed by atoms with Crippen molar-refractivity contribution in [1.29, 1.82) is 0 Å². The van der Waals surface area contributed by atoms with Gasteiger partial charge in [-0.1, -0.05) is 6.07 Å². The van der Waals surface area contributed by atoms with Crippen molar-refractivity contribution in [3.05, 3.63) is 23.8 Å². The summed E-state index contributed by atoms with van der Waals surface area (Å²) >= 11 is 0. The Hall–Kier alpha value is -1.91. The van der Waals surface area contributed by atoms with Gasteiger partial charge in [0.25, 0.3) is 0 Å². The lowest BCUT2D eigenvalue weighted by Gasteiger charge is -2.24. The van der Waals surface area contributed by atoms with E-state index in [2.05, 4.69) is 0 Å². The third-order valence-electron chi connectivity index (χ3n) is 2.69. The standard InChI is InChI=1S/C15H23NO4/c1-15(2,3)20-14(18)16(4)9-8-11-6-7-12(17)13(10-11)19-5/h6-7,10,17H,8-9H2,1-5H3. The third-order valence-corrected chi connectivity index (χ3v) is 2.69. The Morgan fingerprint density at radius 1 is 1.35 bits per heavy atom. The van der Waals surface area contributed by atoms with Gasteiger partial charge in [0.15, 0.2) is 11.5 Å². The van der Waals surface area contributed by atoms with Gasteiger partial charge in [0.05, 0.1) is 7.11 Å². The second-order valence-corrected chi connectivity index (χ2v) is 5.66. The zero-order valence-corrected chi connectivity index (χ0v) is 12.8. The summed E-state index contributed by atoms with van der Waals surface area (Å²) in [5.74, 6) is 0.541. The molecule has 112 valence electrons. The maximum Gasteiger partial charge on any atom is 0.410 e. The number of ether oxygens (including phenoxy) is 2. The van der Waals surface area contributed by atoms with Gasteiger partial charge >= 0.3 is 6.09 Å². The Kier molecular flexibility index (Phi) is 5.25. The number of carbonyl (C=O) groups is 1. The fourth-order valence-electron chi connectivity index (χ4n) is 1.61. The Morgan fingerprint density at radius 2 is 2.00 bits per heavy atom. The number of amides is 1. The third kappa shape index (κ3) is 4.99. The molecule has 0 aliphatic rings. The lowest BCUT2D eigenvalue weighted by molar-refractivity contribution is 0.0301. The molecule has 1 aromatic carbocycles. The highest BCUT2D eigenvalue weighted by Gasteiger charge is 2.19. The molecule has 0 unspecified atom stereocenters. The van der Waals surface area contributed by atoms with Gasteiger partial charge in [-0.05, 0) is 44.9 Å². The van der Waals surface area contributed by atoms with E-state index in [9.17, 15) is 9.90 Å². The molecule has 0 saturated heterocycles. The average molecular weight is 281 g/mol. The molecule has 0 atom stereocenters. The molecule has 0 aliphatic heterocycles. The van der Waals surface area contributed by atoms with Crippen molar-refractivity contribution in [3.63, 3.8) is 0 Å². The zero-order chi connectivity index (χ0) is 15.3. The van der Waals surface area contributed by atoms with E-state index in [0.717, 1.165) is 5.56 Å². The number of rotatable bonds is 4. The van der Waals surface area contributed by atoms with Gasteiger partial charge in [0.1, 0.15) is 5.60 Å². The van der Waals surface area contributed by atoms with E-state index in [4.69, 9.17) is 9.47 Å². The van der Waals surface area contributed by atoms with Crippen LogP contribution in [-0.4, -0.2) is 42.4 Å². The maximum absolute atomic E-state index is 11.8. The minimum Gasteiger partial charge on any atom is -0.504 e. The first-order valence-electron chi connectivity index (χ1n) is 6.53. The van der Waals surface area contributed by atoms with E-state index in [-0.39, 0.29) is 11.8 Å². The Morgan fingerprint density at radius 3 is 2.55 bits per heavy atom. The van der Waals surface area contributed by atoms with Gasteiger partial charge in [-0.2, -0.15) is 0 Å². The number of nitrogens with zero attached hydrogens (tertiary/aromatic N) is 1. The predicted molar refractivity (Wildman–Crippen MR) is 77.2 cm³/mol. The molecule has 1 amide bonds. The first kappa shape index (κ1) is 16.1. The van der Waals surface area contributed by atoms with Gasteiger partial charge in [-0.15, -0.1) is 0 Å². The Bertz CT molecular complexity index is 465. The fourth-order valence-corrected chi connectivity index (χ4v) is 1.61. The summed E-state index contributed by atoms with van der Waals surface area (Å²) in [7, 11) is 3.21. The van der Waals surface area contributed by atoms with Crippen LogP contribution < -0.4 is 4.74 Å². The fraction of sp³-hybridized carbons (Fsp3) is 0.533. The quantitative estimate of drug-likeness (QED) is 0.922. The van der Waals surface area contributed by atoms with E-state index >= 15 is 0 Å². The monoisotopic (exact) mass is 281 g/mol. The van der Waals surface area contributed by atoms with Crippen LogP contribution in [0.5, 0.6) is 11.5 Å². The number of likely N-dealkylation sites (N-methyl/N-ethyl adjacent to an activating group) is 1. The molecule has 0 saturated carbocycles. The first-order chi connectivity index (χ1) is 9.23. The molecule has 0 heterocycles. The van der Waals surface area contributed by atoms with Crippen LogP contribution in [0.25, 0.3) is 0 Å². The molecule has 0 bridgehead atoms. The average Bonchev–Trinajstić information content (AvgIpc) is 2.35. The first-order valence-corrected chi connectivity index (χ1v) is 6.53. The number of benzene rings is 1. The molecular weight excluding hydrogens is 258 g/mol. The van der Waals surface area contributed by atoms with E-state index in [1.165, 1.54) is 12.0 Å². The van der Waals surface area contributed by atoms with Gasteiger partial charge in [0, 0.05) is 13.6 Å². The highest BCUT2D eigenvalue weighted by Crippen LogP contribution is 2.26. The molecule has 1 aromatic rings. The van der Waals surface area contributed by atoms with E-state index < -0.39 is 5.60 Å². The maximum atomic E-state index is 11.8. The molecule has 1 N–H and O–H groups in total. The van der Waals surface area contributed by atoms with Crippen LogP contribution >= 0.6 is 0 Å². The lowest BCUT2D eigenvalue weighted by atomic mass is 10.1. The van der Waals surface area contributed by atoms with Crippen LogP contribution in [0.15, 0.2) is 18.2 Å². The Balaban J connectivity index is 2.56. The lowest BCUT2D eigenvalue weighted by Crippen LogP contribution is -2.35. The van der Waals surface area contributed by atoms with Crippen LogP contribution in [0, 0.1) is 0 Å². The number of carbonyl (C=O) groups excluding carboxylic acids is 1. The molecule has 1 rings (SSSR count). The molecule has 0 radical (unpaired) electrons. The van der Waals surface area contributed by atoms with Gasteiger partial charge in [-0.25, -0.2) is 4.79 Å². The molecule has 0 spiro atoms. The number of phenolic OH excluding ortho intramolecular Hbond substituents is 1. The summed E-state index contributed by atoms with van der Waals surface area (Å²) in [4.78, 5) is 13.3. The molecule has 5 heteroatoms. The molecule has 20 heavy (non-hydrogen) atoms. The van der Waals surface area contributed by atoms with E-state index in [1.54, 1.807) is 25.2 Å². The number of phenols is 1. The smallest absolute Gasteiger partial charge is 0.410 e. The molecular formula is C15H23NO4. The minimum absolute atomic E-state index is 0.108. The van der Waals surface area contributed by atoms with Gasteiger partial charge in [0.2, 0.25) is 0 Å². The number of hydrogen-bond donors (Lipinski definition) is 1. The van der Waals surface area contributed by atoms with Crippen molar-refractivity contribution in [2.24, 2.45) is 0 Å². The summed E-state index contributed by atoms with van der Waals surface area (Å²) in [5.41, 5.74) is 0.489. The highest BCUT2D eigenvalue weighted by atomic mass is 16.6. The summed E-state index contributed by atoms with van der Waals surface area (Å²) in [6.07, 6.45) is 0.315. The molecule has 0 fully saturated rings. The summed E-state index contributed by atoms with van der Waals surface area (Å²) < 4.78 is 10.3. The number of aromatic hydroxyl groups is 1. The number of methoxy groups -OCH3 is 1. The summed E-state index contributed by atoms with van der Waals surface area (Å²) in [6, 6.07) is 5.15. The molecule has 0 aliphatic carbocycles. The SMILES string of the molecule is COc1cc(CCN(C)C(=O)OC(C)(C)C)ccc1O. The van der Waals surface area contributed by atoms with Crippen LogP contribution in [0.4, 0.5) is 4.79 Å². The number of hydrogen-bond acceptors (Lipinski definition) is 4. The summed E-state index contributed by atoms with van der Waals surface area (Å²) in [5, 5.41) is 9.52. The minimum atomic E-state index is -0.493. The zero-order valence-electron chi connectivity index (χ0n) is 12.8. The second-order valence-electron chi connectivity index (χ2n) is 5.66. The largest absolute Gasteiger partial charge is 0.504 e. The van der Waals surface area contributed by atoms with Crippen molar-refractivity contribution in [3.8, 4) is 11.5 Å². The van der Waals surface area contributed by atoms with Crippen LogP contribution in [0.1, 0.15) is 26.3 Å². The molecule has 0 aromatic heterocycles. The van der Waals surface area contributed by atoms with Gasteiger partial charge < -0.3 is 19.5 Å². The topological polar surface area (TPSA) is 59.0 Å². The predicted octanol–water partition coefficient (Wildman–Crippen LogP) is 2.81. The highest BCUT2D eigenvalue weighted by molar-refractivity contribution is 5.67.